The van der Waals surface area contributed by atoms with Gasteiger partial charge in [0.05, 0.1) is 24.0 Å². The summed E-state index contributed by atoms with van der Waals surface area (Å²) in [5, 5.41) is 3.59. The monoisotopic (exact) mass is 461 g/mol. The Morgan fingerprint density at radius 3 is 2.77 bits per heavy atom. The average molecular weight is 462 g/mol. The van der Waals surface area contributed by atoms with Crippen LogP contribution in [-0.2, 0) is 16.1 Å². The van der Waals surface area contributed by atoms with E-state index >= 15 is 0 Å². The van der Waals surface area contributed by atoms with Crippen LogP contribution in [-0.4, -0.2) is 44.1 Å². The Bertz CT molecular complexity index is 917. The molecule has 1 aliphatic heterocycles. The lowest BCUT2D eigenvalue weighted by Gasteiger charge is -2.32. The first kappa shape index (κ1) is 22.2. The Kier molecular flexibility index (Phi) is 7.20. The van der Waals surface area contributed by atoms with Gasteiger partial charge in [-0.05, 0) is 49.3 Å². The van der Waals surface area contributed by atoms with E-state index in [9.17, 15) is 9.59 Å². The van der Waals surface area contributed by atoms with Gasteiger partial charge in [-0.2, -0.15) is 8.75 Å². The van der Waals surface area contributed by atoms with E-state index in [2.05, 4.69) is 14.1 Å². The lowest BCUT2D eigenvalue weighted by atomic mass is 9.83. The van der Waals surface area contributed by atoms with E-state index in [-0.39, 0.29) is 17.7 Å². The van der Waals surface area contributed by atoms with Crippen LogP contribution in [0, 0.1) is 5.92 Å². The zero-order valence-corrected chi connectivity index (χ0v) is 19.0. The predicted molar refractivity (Wildman–Crippen MR) is 121 cm³/mol. The van der Waals surface area contributed by atoms with Gasteiger partial charge in [-0.15, -0.1) is 0 Å². The van der Waals surface area contributed by atoms with Crippen LogP contribution in [0.1, 0.15) is 50.5 Å². The molecule has 1 aromatic heterocycles. The third kappa shape index (κ3) is 5.07. The molecule has 9 heteroatoms. The molecule has 2 atom stereocenters. The minimum atomic E-state index is -0.509. The van der Waals surface area contributed by atoms with Crippen LogP contribution in [0.2, 0.25) is 5.02 Å². The van der Waals surface area contributed by atoms with Gasteiger partial charge in [0.2, 0.25) is 11.8 Å². The Balaban J connectivity index is 1.41. The number of rotatable bonds is 6. The molecule has 1 saturated carbocycles. The first-order chi connectivity index (χ1) is 15.0. The fourth-order valence-corrected chi connectivity index (χ4v) is 5.35. The normalized spacial score (nSPS) is 20.6. The summed E-state index contributed by atoms with van der Waals surface area (Å²) in [6, 6.07) is 4.53. The molecule has 4 rings (SSSR count). The SMILES string of the molecule is NC(C(=O)N1CCCC1C(=O)NCc1cc(Cl)ccc1-c1cnsn1)C1CCCCC1. The second kappa shape index (κ2) is 10.1. The van der Waals surface area contributed by atoms with E-state index in [4.69, 9.17) is 17.3 Å². The lowest BCUT2D eigenvalue weighted by Crippen LogP contribution is -2.53. The lowest BCUT2D eigenvalue weighted by molar-refractivity contribution is -0.140. The van der Waals surface area contributed by atoms with Crippen LogP contribution >= 0.6 is 23.3 Å². The summed E-state index contributed by atoms with van der Waals surface area (Å²) in [7, 11) is 0. The number of aromatic nitrogens is 2. The Hall–Kier alpha value is -2.03. The fraction of sp³-hybridized carbons (Fsp3) is 0.545. The highest BCUT2D eigenvalue weighted by Crippen LogP contribution is 2.29. The molecule has 2 amide bonds. The fourth-order valence-electron chi connectivity index (χ4n) is 4.73. The second-order valence-corrected chi connectivity index (χ2v) is 9.42. The van der Waals surface area contributed by atoms with Crippen molar-refractivity contribution in [3.8, 4) is 11.3 Å². The van der Waals surface area contributed by atoms with E-state index in [1.54, 1.807) is 17.2 Å². The van der Waals surface area contributed by atoms with Gasteiger partial charge < -0.3 is 16.0 Å². The number of carbonyl (C=O) groups is 2. The van der Waals surface area contributed by atoms with Crippen molar-refractivity contribution in [3.63, 3.8) is 0 Å². The third-order valence-corrected chi connectivity index (χ3v) is 7.15. The summed E-state index contributed by atoms with van der Waals surface area (Å²) in [5.41, 5.74) is 8.84. The Morgan fingerprint density at radius 2 is 2.03 bits per heavy atom. The number of likely N-dealkylation sites (tertiary alicyclic amines) is 1. The molecule has 31 heavy (non-hydrogen) atoms. The maximum Gasteiger partial charge on any atom is 0.243 e. The molecule has 0 radical (unpaired) electrons. The number of hydrogen-bond acceptors (Lipinski definition) is 6. The smallest absolute Gasteiger partial charge is 0.243 e. The second-order valence-electron chi connectivity index (χ2n) is 8.43. The summed E-state index contributed by atoms with van der Waals surface area (Å²) in [5.74, 6) is -0.00290. The highest BCUT2D eigenvalue weighted by atomic mass is 35.5. The van der Waals surface area contributed by atoms with Crippen molar-refractivity contribution in [2.75, 3.05) is 6.54 Å². The van der Waals surface area contributed by atoms with E-state index in [0.29, 0.717) is 24.5 Å². The number of halogens is 1. The van der Waals surface area contributed by atoms with Gasteiger partial charge in [-0.1, -0.05) is 36.9 Å². The van der Waals surface area contributed by atoms with Crippen molar-refractivity contribution >= 4 is 35.1 Å². The van der Waals surface area contributed by atoms with Crippen molar-refractivity contribution in [1.82, 2.24) is 19.0 Å². The van der Waals surface area contributed by atoms with Crippen LogP contribution in [0.4, 0.5) is 0 Å². The van der Waals surface area contributed by atoms with E-state index in [1.165, 1.54) is 6.42 Å². The number of nitrogens with two attached hydrogens (primary N) is 1. The van der Waals surface area contributed by atoms with Crippen molar-refractivity contribution in [2.24, 2.45) is 11.7 Å². The molecule has 2 unspecified atom stereocenters. The Labute approximate surface area is 191 Å². The molecule has 2 aromatic rings. The molecular formula is C22H28ClN5O2S. The Morgan fingerprint density at radius 1 is 1.23 bits per heavy atom. The van der Waals surface area contributed by atoms with Gasteiger partial charge in [0.15, 0.2) is 0 Å². The summed E-state index contributed by atoms with van der Waals surface area (Å²) < 4.78 is 8.35. The number of nitrogens with zero attached hydrogens (tertiary/aromatic N) is 3. The average Bonchev–Trinajstić information content (AvgIpc) is 3.49. The molecule has 1 aromatic carbocycles. The van der Waals surface area contributed by atoms with Gasteiger partial charge in [0.1, 0.15) is 11.7 Å². The molecule has 1 aliphatic carbocycles. The molecule has 3 N–H and O–H groups in total. The van der Waals surface area contributed by atoms with Crippen LogP contribution in [0.15, 0.2) is 24.4 Å². The van der Waals surface area contributed by atoms with Crippen LogP contribution < -0.4 is 11.1 Å². The quantitative estimate of drug-likeness (QED) is 0.686. The molecule has 2 heterocycles. The summed E-state index contributed by atoms with van der Waals surface area (Å²) >= 11 is 7.31. The van der Waals surface area contributed by atoms with Gasteiger partial charge in [0.25, 0.3) is 0 Å². The van der Waals surface area contributed by atoms with Crippen molar-refractivity contribution in [1.29, 1.82) is 0 Å². The van der Waals surface area contributed by atoms with E-state index < -0.39 is 12.1 Å². The topological polar surface area (TPSA) is 101 Å². The maximum atomic E-state index is 13.1. The standard InChI is InChI=1S/C22H28ClN5O2S/c23-16-8-9-17(18-13-26-31-27-18)15(11-16)12-25-21(29)19-7-4-10-28(19)22(30)20(24)14-5-2-1-3-6-14/h8-9,11,13-14,19-20H,1-7,10,12,24H2,(H,25,29). The van der Waals surface area contributed by atoms with Crippen molar-refractivity contribution < 1.29 is 9.59 Å². The number of benzene rings is 1. The maximum absolute atomic E-state index is 13.1. The highest BCUT2D eigenvalue weighted by Gasteiger charge is 2.38. The van der Waals surface area contributed by atoms with E-state index in [1.807, 2.05) is 12.1 Å². The molecule has 2 fully saturated rings. The number of amides is 2. The molecular weight excluding hydrogens is 434 g/mol. The van der Waals surface area contributed by atoms with Crippen molar-refractivity contribution in [2.45, 2.75) is 63.6 Å². The number of nitrogens with one attached hydrogen (secondary N) is 1. The summed E-state index contributed by atoms with van der Waals surface area (Å²) in [6.07, 6.45) is 8.65. The summed E-state index contributed by atoms with van der Waals surface area (Å²) in [6.45, 7) is 0.893. The van der Waals surface area contributed by atoms with Gasteiger partial charge in [-0.25, -0.2) is 0 Å². The van der Waals surface area contributed by atoms with E-state index in [0.717, 1.165) is 60.7 Å². The minimum Gasteiger partial charge on any atom is -0.350 e. The zero-order chi connectivity index (χ0) is 21.8. The van der Waals surface area contributed by atoms with Crippen molar-refractivity contribution in [3.05, 3.63) is 35.0 Å². The molecule has 166 valence electrons. The molecule has 0 spiro atoms. The van der Waals surface area contributed by atoms with Crippen LogP contribution in [0.25, 0.3) is 11.3 Å². The molecule has 2 aliphatic rings. The van der Waals surface area contributed by atoms with Gasteiger partial charge >= 0.3 is 0 Å². The molecule has 1 saturated heterocycles. The van der Waals surface area contributed by atoms with Crippen LogP contribution in [0.5, 0.6) is 0 Å². The number of carbonyl (C=O) groups excluding carboxylic acids is 2. The van der Waals surface area contributed by atoms with Gasteiger partial charge in [-0.3, -0.25) is 9.59 Å². The zero-order valence-electron chi connectivity index (χ0n) is 17.4. The molecule has 0 bridgehead atoms. The first-order valence-electron chi connectivity index (χ1n) is 10.9. The third-order valence-electron chi connectivity index (χ3n) is 6.44. The molecule has 7 nitrogen and oxygen atoms in total. The largest absolute Gasteiger partial charge is 0.350 e. The highest BCUT2D eigenvalue weighted by molar-refractivity contribution is 6.99. The predicted octanol–water partition coefficient (Wildman–Crippen LogP) is 3.37. The first-order valence-corrected chi connectivity index (χ1v) is 12.1. The number of hydrogen-bond donors (Lipinski definition) is 2. The summed E-state index contributed by atoms with van der Waals surface area (Å²) in [4.78, 5) is 27.8. The van der Waals surface area contributed by atoms with Gasteiger partial charge in [0, 0.05) is 23.7 Å². The van der Waals surface area contributed by atoms with Crippen LogP contribution in [0.3, 0.4) is 0 Å². The minimum absolute atomic E-state index is 0.0819.